The molecule has 30 heavy (non-hydrogen) atoms. The van der Waals surface area contributed by atoms with Crippen LogP contribution in [0.1, 0.15) is 50.5 Å². The molecule has 0 unspecified atom stereocenters. The van der Waals surface area contributed by atoms with Crippen molar-refractivity contribution in [3.63, 3.8) is 0 Å². The number of nitrogens with one attached hydrogen (secondary N) is 2. The number of anilines is 2. The molecule has 2 aliphatic rings. The monoisotopic (exact) mass is 463 g/mol. The molecule has 2 N–H and O–H groups in total. The lowest BCUT2D eigenvalue weighted by molar-refractivity contribution is 0.435. The number of hydrogen-bond acceptors (Lipinski definition) is 4. The summed E-state index contributed by atoms with van der Waals surface area (Å²) in [5.74, 6) is 1.29. The maximum atomic E-state index is 6.26. The van der Waals surface area contributed by atoms with Crippen molar-refractivity contribution in [3.8, 4) is 0 Å². The molecule has 5 nitrogen and oxygen atoms in total. The summed E-state index contributed by atoms with van der Waals surface area (Å²) >= 11 is 17.9. The molecule has 160 valence electrons. The van der Waals surface area contributed by atoms with E-state index in [-0.39, 0.29) is 5.41 Å². The van der Waals surface area contributed by atoms with Crippen LogP contribution in [0.15, 0.2) is 30.3 Å². The first-order valence-corrected chi connectivity index (χ1v) is 11.8. The topological polar surface area (TPSA) is 53.1 Å². The zero-order valence-electron chi connectivity index (χ0n) is 17.0. The average molecular weight is 464 g/mol. The number of halogens is 2. The van der Waals surface area contributed by atoms with Gasteiger partial charge in [-0.3, -0.25) is 0 Å². The van der Waals surface area contributed by atoms with Crippen molar-refractivity contribution in [2.24, 2.45) is 0 Å². The van der Waals surface area contributed by atoms with Crippen LogP contribution in [0.5, 0.6) is 0 Å². The minimum absolute atomic E-state index is 0.0739. The SMILES string of the molecule is S=C(NCC1(c2ccc(Cl)cc2)CCCC1)Nc1nc(Cl)cc(N2CCCCC2)n1. The summed E-state index contributed by atoms with van der Waals surface area (Å²) in [7, 11) is 0. The quantitative estimate of drug-likeness (QED) is 0.446. The smallest absolute Gasteiger partial charge is 0.232 e. The first-order valence-electron chi connectivity index (χ1n) is 10.6. The van der Waals surface area contributed by atoms with E-state index >= 15 is 0 Å². The first-order chi connectivity index (χ1) is 14.5. The molecule has 1 saturated heterocycles. The molecular formula is C22H27Cl2N5S. The van der Waals surface area contributed by atoms with Gasteiger partial charge in [-0.25, -0.2) is 4.98 Å². The highest BCUT2D eigenvalue weighted by molar-refractivity contribution is 7.80. The molecule has 0 spiro atoms. The molecule has 1 saturated carbocycles. The Hall–Kier alpha value is -1.63. The molecule has 1 aliphatic heterocycles. The van der Waals surface area contributed by atoms with Gasteiger partial charge in [0.2, 0.25) is 5.95 Å². The second-order valence-corrected chi connectivity index (χ2v) is 9.45. The van der Waals surface area contributed by atoms with Crippen molar-refractivity contribution in [3.05, 3.63) is 46.1 Å². The van der Waals surface area contributed by atoms with Crippen LogP contribution in [0.3, 0.4) is 0 Å². The molecule has 0 atom stereocenters. The summed E-state index contributed by atoms with van der Waals surface area (Å²) in [5.41, 5.74) is 1.39. The lowest BCUT2D eigenvalue weighted by atomic mass is 9.79. The minimum atomic E-state index is 0.0739. The van der Waals surface area contributed by atoms with Gasteiger partial charge in [-0.15, -0.1) is 0 Å². The van der Waals surface area contributed by atoms with Crippen molar-refractivity contribution < 1.29 is 0 Å². The molecule has 2 aromatic rings. The summed E-state index contributed by atoms with van der Waals surface area (Å²) in [6.07, 6.45) is 8.34. The Labute approximate surface area is 193 Å². The summed E-state index contributed by atoms with van der Waals surface area (Å²) in [5, 5.41) is 8.23. The second-order valence-electron chi connectivity index (χ2n) is 8.22. The van der Waals surface area contributed by atoms with Gasteiger partial charge in [-0.1, -0.05) is 48.2 Å². The van der Waals surface area contributed by atoms with E-state index in [9.17, 15) is 0 Å². The first kappa shape index (κ1) is 21.6. The number of thiocarbonyl (C=S) groups is 1. The molecular weight excluding hydrogens is 437 g/mol. The number of hydrogen-bond donors (Lipinski definition) is 2. The third-order valence-corrected chi connectivity index (χ3v) is 6.88. The van der Waals surface area contributed by atoms with Crippen molar-refractivity contribution in [1.82, 2.24) is 15.3 Å². The van der Waals surface area contributed by atoms with E-state index < -0.39 is 0 Å². The van der Waals surface area contributed by atoms with Gasteiger partial charge in [0.1, 0.15) is 11.0 Å². The van der Waals surface area contributed by atoms with Crippen molar-refractivity contribution in [1.29, 1.82) is 0 Å². The van der Waals surface area contributed by atoms with Crippen LogP contribution in [0, 0.1) is 0 Å². The van der Waals surface area contributed by atoms with Crippen molar-refractivity contribution in [2.75, 3.05) is 29.9 Å². The van der Waals surface area contributed by atoms with Crippen molar-refractivity contribution in [2.45, 2.75) is 50.4 Å². The normalized spacial score (nSPS) is 18.3. The largest absolute Gasteiger partial charge is 0.361 e. The van der Waals surface area contributed by atoms with Crippen LogP contribution in [-0.4, -0.2) is 34.7 Å². The molecule has 1 aliphatic carbocycles. The third-order valence-electron chi connectivity index (χ3n) is 6.19. The maximum absolute atomic E-state index is 6.26. The fourth-order valence-corrected chi connectivity index (χ4v) is 5.03. The molecule has 0 radical (unpaired) electrons. The van der Waals surface area contributed by atoms with E-state index in [0.717, 1.165) is 43.3 Å². The molecule has 1 aromatic carbocycles. The van der Waals surface area contributed by atoms with Crippen molar-refractivity contribution >= 4 is 52.3 Å². The van der Waals surface area contributed by atoms with Gasteiger partial charge in [-0.05, 0) is 62.0 Å². The Bertz CT molecular complexity index is 878. The predicted molar refractivity (Wildman–Crippen MR) is 129 cm³/mol. The zero-order valence-corrected chi connectivity index (χ0v) is 19.3. The van der Waals surface area contributed by atoms with Gasteiger partial charge < -0.3 is 15.5 Å². The second kappa shape index (κ2) is 9.67. The number of aromatic nitrogens is 2. The van der Waals surface area contributed by atoms with Crippen LogP contribution in [0.25, 0.3) is 0 Å². The number of piperidine rings is 1. The van der Waals surface area contributed by atoms with Gasteiger partial charge in [0, 0.05) is 36.1 Å². The average Bonchev–Trinajstić information content (AvgIpc) is 3.23. The number of rotatable bonds is 5. The Kier molecular flexibility index (Phi) is 6.96. The van der Waals surface area contributed by atoms with E-state index in [2.05, 4.69) is 37.6 Å². The molecule has 2 fully saturated rings. The van der Waals surface area contributed by atoms with Crippen LogP contribution in [-0.2, 0) is 5.41 Å². The highest BCUT2D eigenvalue weighted by Crippen LogP contribution is 2.41. The standard InChI is InChI=1S/C22H27Cl2N5S/c23-17-8-6-16(7-9-17)22(10-2-3-11-22)15-25-21(30)28-20-26-18(24)14-19(27-20)29-12-4-1-5-13-29/h6-9,14H,1-5,10-13,15H2,(H2,25,26,27,28,30). The Morgan fingerprint density at radius 2 is 1.70 bits per heavy atom. The van der Waals surface area contributed by atoms with Gasteiger partial charge in [0.25, 0.3) is 0 Å². The molecule has 1 aromatic heterocycles. The molecule has 2 heterocycles. The van der Waals surface area contributed by atoms with E-state index in [1.807, 2.05) is 18.2 Å². The fraction of sp³-hybridized carbons (Fsp3) is 0.500. The predicted octanol–water partition coefficient (Wildman–Crippen LogP) is 5.57. The summed E-state index contributed by atoms with van der Waals surface area (Å²) in [4.78, 5) is 11.2. The Morgan fingerprint density at radius 1 is 1.00 bits per heavy atom. The number of benzene rings is 1. The highest BCUT2D eigenvalue weighted by Gasteiger charge is 2.35. The van der Waals surface area contributed by atoms with E-state index in [1.54, 1.807) is 0 Å². The van der Waals surface area contributed by atoms with Crippen LogP contribution < -0.4 is 15.5 Å². The van der Waals surface area contributed by atoms with Gasteiger partial charge in [0.05, 0.1) is 0 Å². The fourth-order valence-electron chi connectivity index (χ4n) is 4.56. The summed E-state index contributed by atoms with van der Waals surface area (Å²) < 4.78 is 0. The van der Waals surface area contributed by atoms with Crippen LogP contribution in [0.4, 0.5) is 11.8 Å². The molecule has 0 bridgehead atoms. The van der Waals surface area contributed by atoms with E-state index in [1.165, 1.54) is 37.7 Å². The lowest BCUT2D eigenvalue weighted by Gasteiger charge is -2.31. The zero-order chi connectivity index (χ0) is 21.0. The summed E-state index contributed by atoms with van der Waals surface area (Å²) in [6.45, 7) is 2.76. The van der Waals surface area contributed by atoms with Gasteiger partial charge in [0.15, 0.2) is 5.11 Å². The highest BCUT2D eigenvalue weighted by atomic mass is 35.5. The maximum Gasteiger partial charge on any atom is 0.232 e. The van der Waals surface area contributed by atoms with Crippen LogP contribution in [0.2, 0.25) is 10.2 Å². The van der Waals surface area contributed by atoms with E-state index in [4.69, 9.17) is 35.4 Å². The van der Waals surface area contributed by atoms with Gasteiger partial charge >= 0.3 is 0 Å². The van der Waals surface area contributed by atoms with E-state index in [0.29, 0.717) is 16.2 Å². The molecule has 0 amide bonds. The molecule has 4 rings (SSSR count). The Balaban J connectivity index is 1.41. The molecule has 8 heteroatoms. The Morgan fingerprint density at radius 3 is 2.40 bits per heavy atom. The number of nitrogens with zero attached hydrogens (tertiary/aromatic N) is 3. The van der Waals surface area contributed by atoms with Crippen LogP contribution >= 0.6 is 35.4 Å². The lowest BCUT2D eigenvalue weighted by Crippen LogP contribution is -2.41. The summed E-state index contributed by atoms with van der Waals surface area (Å²) in [6, 6.07) is 10.0. The third kappa shape index (κ3) is 5.16. The van der Waals surface area contributed by atoms with Gasteiger partial charge in [-0.2, -0.15) is 4.98 Å². The minimum Gasteiger partial charge on any atom is -0.361 e.